The van der Waals surface area contributed by atoms with E-state index in [2.05, 4.69) is 31.1 Å². The molecule has 1 unspecified atom stereocenters. The topological polar surface area (TPSA) is 24.9 Å². The average molecular weight is 324 g/mol. The predicted octanol–water partition coefficient (Wildman–Crippen LogP) is 4.94. The maximum Gasteiger partial charge on any atom is 0.123 e. The monoisotopic (exact) mass is 324 g/mol. The Bertz CT molecular complexity index is 566. The van der Waals surface area contributed by atoms with Gasteiger partial charge in [-0.25, -0.2) is 9.37 Å². The van der Waals surface area contributed by atoms with Gasteiger partial charge in [-0.05, 0) is 51.1 Å². The van der Waals surface area contributed by atoms with Gasteiger partial charge in [-0.1, -0.05) is 6.92 Å². The van der Waals surface area contributed by atoms with Gasteiger partial charge in [0.15, 0.2) is 0 Å². The summed E-state index contributed by atoms with van der Waals surface area (Å²) in [5.41, 5.74) is 1.12. The molecular formula is C16H21FN2S2. The number of hydrogen-bond donors (Lipinski definition) is 1. The third kappa shape index (κ3) is 4.80. The van der Waals surface area contributed by atoms with E-state index < -0.39 is 0 Å². The standard InChI is InChI=1S/C16H21FN2S2/c1-4-9-18-11(2)16-12(3)19-15(21-16)10-20-14-7-5-13(17)6-8-14/h5-8,11,18H,4,9-10H2,1-3H3. The Kier molecular flexibility index (Phi) is 6.21. The van der Waals surface area contributed by atoms with Crippen LogP contribution >= 0.6 is 23.1 Å². The smallest absolute Gasteiger partial charge is 0.123 e. The molecule has 0 amide bonds. The number of hydrogen-bond acceptors (Lipinski definition) is 4. The molecule has 1 aromatic heterocycles. The molecule has 0 bridgehead atoms. The minimum atomic E-state index is -0.192. The Hall–Kier alpha value is -0.910. The van der Waals surface area contributed by atoms with Crippen molar-refractivity contribution in [2.75, 3.05) is 6.54 Å². The van der Waals surface area contributed by atoms with Crippen molar-refractivity contribution >= 4 is 23.1 Å². The van der Waals surface area contributed by atoms with E-state index in [0.717, 1.165) is 34.3 Å². The van der Waals surface area contributed by atoms with Gasteiger partial charge in [-0.15, -0.1) is 23.1 Å². The van der Waals surface area contributed by atoms with Crippen LogP contribution in [0, 0.1) is 12.7 Å². The molecule has 2 aromatic rings. The predicted molar refractivity (Wildman–Crippen MR) is 89.5 cm³/mol. The van der Waals surface area contributed by atoms with Gasteiger partial charge in [0.1, 0.15) is 10.8 Å². The van der Waals surface area contributed by atoms with Gasteiger partial charge in [0, 0.05) is 15.8 Å². The van der Waals surface area contributed by atoms with Crippen molar-refractivity contribution in [2.45, 2.75) is 43.9 Å². The third-order valence-electron chi connectivity index (χ3n) is 3.15. The molecule has 1 N–H and O–H groups in total. The molecular weight excluding hydrogens is 303 g/mol. The molecule has 0 saturated heterocycles. The number of nitrogens with one attached hydrogen (secondary N) is 1. The summed E-state index contributed by atoms with van der Waals surface area (Å²) in [5.74, 6) is 0.639. The van der Waals surface area contributed by atoms with E-state index in [4.69, 9.17) is 0 Å². The second-order valence-corrected chi connectivity index (χ2v) is 7.14. The second-order valence-electron chi connectivity index (χ2n) is 4.98. The summed E-state index contributed by atoms with van der Waals surface area (Å²) in [6, 6.07) is 6.97. The molecule has 0 aliphatic rings. The summed E-state index contributed by atoms with van der Waals surface area (Å²) in [5, 5.41) is 4.63. The SMILES string of the molecule is CCCNC(C)c1sc(CSc2ccc(F)cc2)nc1C. The third-order valence-corrected chi connectivity index (χ3v) is 5.69. The van der Waals surface area contributed by atoms with Crippen molar-refractivity contribution < 1.29 is 4.39 Å². The number of rotatable bonds is 7. The zero-order chi connectivity index (χ0) is 15.2. The van der Waals surface area contributed by atoms with Gasteiger partial charge in [-0.3, -0.25) is 0 Å². The molecule has 2 nitrogen and oxygen atoms in total. The maximum absolute atomic E-state index is 12.9. The van der Waals surface area contributed by atoms with E-state index in [1.54, 1.807) is 23.1 Å². The first-order valence-electron chi connectivity index (χ1n) is 7.18. The number of benzene rings is 1. The molecule has 5 heteroatoms. The molecule has 21 heavy (non-hydrogen) atoms. The quantitative estimate of drug-likeness (QED) is 0.730. The van der Waals surface area contributed by atoms with Crippen LogP contribution in [0.1, 0.15) is 41.9 Å². The number of aromatic nitrogens is 1. The van der Waals surface area contributed by atoms with Gasteiger partial charge in [0.05, 0.1) is 11.4 Å². The zero-order valence-corrected chi connectivity index (χ0v) is 14.3. The molecule has 0 saturated carbocycles. The molecule has 114 valence electrons. The molecule has 2 rings (SSSR count). The highest BCUT2D eigenvalue weighted by atomic mass is 32.2. The zero-order valence-electron chi connectivity index (χ0n) is 12.6. The fourth-order valence-electron chi connectivity index (χ4n) is 2.06. The van der Waals surface area contributed by atoms with Crippen molar-refractivity contribution in [3.8, 4) is 0 Å². The van der Waals surface area contributed by atoms with Crippen LogP contribution in [0.25, 0.3) is 0 Å². The highest BCUT2D eigenvalue weighted by Crippen LogP contribution is 2.30. The normalized spacial score (nSPS) is 12.6. The van der Waals surface area contributed by atoms with Crippen LogP contribution in [-0.4, -0.2) is 11.5 Å². The molecule has 0 fully saturated rings. The van der Waals surface area contributed by atoms with E-state index in [1.165, 1.54) is 17.0 Å². The van der Waals surface area contributed by atoms with E-state index in [0.29, 0.717) is 6.04 Å². The Morgan fingerprint density at radius 3 is 2.71 bits per heavy atom. The van der Waals surface area contributed by atoms with Crippen LogP contribution in [-0.2, 0) is 5.75 Å². The molecule has 0 aliphatic heterocycles. The Morgan fingerprint density at radius 2 is 2.05 bits per heavy atom. The Morgan fingerprint density at radius 1 is 1.33 bits per heavy atom. The molecule has 0 spiro atoms. The van der Waals surface area contributed by atoms with Gasteiger partial charge >= 0.3 is 0 Å². The molecule has 1 aromatic carbocycles. The van der Waals surface area contributed by atoms with Crippen molar-refractivity contribution in [3.05, 3.63) is 45.7 Å². The number of halogens is 1. The number of aryl methyl sites for hydroxylation is 1. The summed E-state index contributed by atoms with van der Waals surface area (Å²) < 4.78 is 12.9. The molecule has 0 aliphatic carbocycles. The van der Waals surface area contributed by atoms with Gasteiger partial charge in [0.25, 0.3) is 0 Å². The molecule has 1 atom stereocenters. The maximum atomic E-state index is 12.9. The Balaban J connectivity index is 1.96. The van der Waals surface area contributed by atoms with Crippen LogP contribution in [0.2, 0.25) is 0 Å². The fraction of sp³-hybridized carbons (Fsp3) is 0.438. The van der Waals surface area contributed by atoms with Crippen LogP contribution in [0.5, 0.6) is 0 Å². The average Bonchev–Trinajstić information content (AvgIpc) is 2.85. The van der Waals surface area contributed by atoms with Gasteiger partial charge in [-0.2, -0.15) is 0 Å². The minimum Gasteiger partial charge on any atom is -0.309 e. The summed E-state index contributed by atoms with van der Waals surface area (Å²) >= 11 is 3.47. The Labute approximate surface area is 134 Å². The lowest BCUT2D eigenvalue weighted by Gasteiger charge is -2.11. The summed E-state index contributed by atoms with van der Waals surface area (Å²) in [6.45, 7) is 7.46. The largest absolute Gasteiger partial charge is 0.309 e. The first-order valence-corrected chi connectivity index (χ1v) is 8.98. The minimum absolute atomic E-state index is 0.192. The lowest BCUT2D eigenvalue weighted by Crippen LogP contribution is -2.18. The van der Waals surface area contributed by atoms with Crippen molar-refractivity contribution in [1.82, 2.24) is 10.3 Å². The summed E-state index contributed by atoms with van der Waals surface area (Å²) in [4.78, 5) is 7.05. The summed E-state index contributed by atoms with van der Waals surface area (Å²) in [6.07, 6.45) is 1.13. The first kappa shape index (κ1) is 16.5. The highest BCUT2D eigenvalue weighted by molar-refractivity contribution is 7.98. The van der Waals surface area contributed by atoms with Crippen LogP contribution in [0.15, 0.2) is 29.2 Å². The second kappa shape index (κ2) is 7.92. The van der Waals surface area contributed by atoms with E-state index >= 15 is 0 Å². The van der Waals surface area contributed by atoms with Crippen molar-refractivity contribution in [1.29, 1.82) is 0 Å². The molecule has 1 heterocycles. The highest BCUT2D eigenvalue weighted by Gasteiger charge is 2.13. The van der Waals surface area contributed by atoms with E-state index in [1.807, 2.05) is 12.1 Å². The van der Waals surface area contributed by atoms with Crippen molar-refractivity contribution in [2.24, 2.45) is 0 Å². The van der Waals surface area contributed by atoms with Crippen LogP contribution < -0.4 is 5.32 Å². The number of thioether (sulfide) groups is 1. The number of thiazole rings is 1. The van der Waals surface area contributed by atoms with Gasteiger partial charge in [0.2, 0.25) is 0 Å². The lowest BCUT2D eigenvalue weighted by atomic mass is 10.2. The first-order chi connectivity index (χ1) is 10.1. The van der Waals surface area contributed by atoms with E-state index in [9.17, 15) is 4.39 Å². The van der Waals surface area contributed by atoms with Crippen molar-refractivity contribution in [3.63, 3.8) is 0 Å². The van der Waals surface area contributed by atoms with Gasteiger partial charge < -0.3 is 5.32 Å². The van der Waals surface area contributed by atoms with Crippen LogP contribution in [0.4, 0.5) is 4.39 Å². The van der Waals surface area contributed by atoms with E-state index in [-0.39, 0.29) is 5.82 Å². The summed E-state index contributed by atoms with van der Waals surface area (Å²) in [7, 11) is 0. The molecule has 0 radical (unpaired) electrons. The number of nitrogens with zero attached hydrogens (tertiary/aromatic N) is 1. The van der Waals surface area contributed by atoms with Crippen LogP contribution in [0.3, 0.4) is 0 Å². The fourth-order valence-corrected chi connectivity index (χ4v) is 4.04. The lowest BCUT2D eigenvalue weighted by molar-refractivity contribution is 0.575.